The minimum absolute atomic E-state index is 0.0541. The summed E-state index contributed by atoms with van der Waals surface area (Å²) in [5, 5.41) is 3.22. The van der Waals surface area contributed by atoms with Gasteiger partial charge in [0, 0.05) is 37.5 Å². The van der Waals surface area contributed by atoms with Crippen molar-refractivity contribution in [2.45, 2.75) is 44.6 Å². The fraction of sp³-hybridized carbons (Fsp3) is 0.545. The Labute approximate surface area is 177 Å². The molecular formula is C22H29N5O3. The van der Waals surface area contributed by atoms with Crippen LogP contribution >= 0.6 is 0 Å². The van der Waals surface area contributed by atoms with E-state index in [1.807, 2.05) is 36.2 Å². The molecule has 0 bridgehead atoms. The second-order valence-corrected chi connectivity index (χ2v) is 7.92. The number of nitrogens with zero attached hydrogens (tertiary/aromatic N) is 4. The number of anilines is 2. The molecule has 2 aliphatic heterocycles. The molecule has 2 fully saturated rings. The highest BCUT2D eigenvalue weighted by Gasteiger charge is 2.25. The zero-order chi connectivity index (χ0) is 20.8. The highest BCUT2D eigenvalue weighted by Crippen LogP contribution is 2.27. The van der Waals surface area contributed by atoms with Gasteiger partial charge in [-0.1, -0.05) is 6.07 Å². The number of aromatic nitrogens is 3. The molecule has 0 aliphatic carbocycles. The highest BCUT2D eigenvalue weighted by atomic mass is 16.5. The molecule has 0 aromatic carbocycles. The lowest BCUT2D eigenvalue weighted by molar-refractivity contribution is -0.138. The summed E-state index contributed by atoms with van der Waals surface area (Å²) in [6, 6.07) is 5.82. The number of rotatable bonds is 7. The van der Waals surface area contributed by atoms with Crippen LogP contribution in [-0.2, 0) is 14.3 Å². The number of hydrogen-bond acceptors (Lipinski definition) is 7. The van der Waals surface area contributed by atoms with Gasteiger partial charge in [-0.25, -0.2) is 9.97 Å². The maximum absolute atomic E-state index is 12.4. The highest BCUT2D eigenvalue weighted by molar-refractivity contribution is 5.77. The third-order valence-corrected chi connectivity index (χ3v) is 5.62. The number of likely N-dealkylation sites (tertiary alicyclic amines) is 1. The molecule has 30 heavy (non-hydrogen) atoms. The maximum Gasteiger partial charge on any atom is 0.248 e. The molecule has 2 aliphatic rings. The topological polar surface area (TPSA) is 89.5 Å². The van der Waals surface area contributed by atoms with E-state index in [0.717, 1.165) is 49.5 Å². The van der Waals surface area contributed by atoms with E-state index in [1.165, 1.54) is 0 Å². The van der Waals surface area contributed by atoms with E-state index < -0.39 is 0 Å². The van der Waals surface area contributed by atoms with Gasteiger partial charge in [0.25, 0.3) is 0 Å². The van der Waals surface area contributed by atoms with Gasteiger partial charge >= 0.3 is 0 Å². The fourth-order valence-corrected chi connectivity index (χ4v) is 3.95. The van der Waals surface area contributed by atoms with Crippen LogP contribution in [0.5, 0.6) is 0 Å². The lowest BCUT2D eigenvalue weighted by Gasteiger charge is -2.31. The summed E-state index contributed by atoms with van der Waals surface area (Å²) in [6.07, 6.45) is 7.53. The van der Waals surface area contributed by atoms with Gasteiger partial charge < -0.3 is 19.7 Å². The van der Waals surface area contributed by atoms with Crippen molar-refractivity contribution in [3.63, 3.8) is 0 Å². The number of piperidine rings is 1. The summed E-state index contributed by atoms with van der Waals surface area (Å²) in [7, 11) is 0. The average molecular weight is 412 g/mol. The van der Waals surface area contributed by atoms with Crippen molar-refractivity contribution < 1.29 is 14.3 Å². The van der Waals surface area contributed by atoms with E-state index in [9.17, 15) is 4.79 Å². The Morgan fingerprint density at radius 2 is 2.07 bits per heavy atom. The monoisotopic (exact) mass is 411 g/mol. The van der Waals surface area contributed by atoms with Crippen LogP contribution in [0.15, 0.2) is 30.6 Å². The SMILES string of the molecule is Cc1cccc(Nc2cncc(C3CCN(C(=O)COCC4CCCO4)CC3)n2)n1. The number of ether oxygens (including phenoxy) is 2. The van der Waals surface area contributed by atoms with Crippen molar-refractivity contribution in [1.82, 2.24) is 19.9 Å². The van der Waals surface area contributed by atoms with Crippen LogP contribution in [0.2, 0.25) is 0 Å². The predicted octanol–water partition coefficient (Wildman–Crippen LogP) is 2.83. The van der Waals surface area contributed by atoms with Crippen molar-refractivity contribution in [3.8, 4) is 0 Å². The molecule has 8 nitrogen and oxygen atoms in total. The number of amides is 1. The smallest absolute Gasteiger partial charge is 0.248 e. The second kappa shape index (κ2) is 9.95. The summed E-state index contributed by atoms with van der Waals surface area (Å²) >= 11 is 0. The van der Waals surface area contributed by atoms with Gasteiger partial charge in [0.05, 0.1) is 24.6 Å². The van der Waals surface area contributed by atoms with Crippen molar-refractivity contribution in [3.05, 3.63) is 42.0 Å². The molecule has 1 N–H and O–H groups in total. The number of hydrogen-bond donors (Lipinski definition) is 1. The van der Waals surface area contributed by atoms with Gasteiger partial charge in [0.1, 0.15) is 18.2 Å². The molecule has 4 heterocycles. The summed E-state index contributed by atoms with van der Waals surface area (Å²) in [5.74, 6) is 1.79. The molecule has 0 saturated carbocycles. The van der Waals surface area contributed by atoms with Gasteiger partial charge in [0.15, 0.2) is 0 Å². The van der Waals surface area contributed by atoms with Crippen LogP contribution in [0.3, 0.4) is 0 Å². The Balaban J connectivity index is 1.26. The van der Waals surface area contributed by atoms with Gasteiger partial charge in [0.2, 0.25) is 5.91 Å². The standard InChI is InChI=1S/C22H29N5O3/c1-16-4-2-6-20(24-16)26-21-13-23-12-19(25-21)17-7-9-27(10-8-17)22(28)15-29-14-18-5-3-11-30-18/h2,4,6,12-13,17-18H,3,5,7-11,14-15H2,1H3,(H,24,25,26). The molecule has 1 atom stereocenters. The number of nitrogens with one attached hydrogen (secondary N) is 1. The molecule has 2 aromatic heterocycles. The number of carbonyl (C=O) groups excluding carboxylic acids is 1. The molecule has 0 radical (unpaired) electrons. The van der Waals surface area contributed by atoms with E-state index in [-0.39, 0.29) is 18.6 Å². The maximum atomic E-state index is 12.4. The zero-order valence-electron chi connectivity index (χ0n) is 17.4. The first kappa shape index (κ1) is 20.7. The van der Waals surface area contributed by atoms with E-state index in [2.05, 4.69) is 15.3 Å². The first-order valence-electron chi connectivity index (χ1n) is 10.7. The van der Waals surface area contributed by atoms with Crippen LogP contribution in [0.4, 0.5) is 11.6 Å². The lowest BCUT2D eigenvalue weighted by atomic mass is 9.94. The number of pyridine rings is 1. The quantitative estimate of drug-likeness (QED) is 0.749. The number of aryl methyl sites for hydroxylation is 1. The zero-order valence-corrected chi connectivity index (χ0v) is 17.4. The van der Waals surface area contributed by atoms with Crippen molar-refractivity contribution in [2.24, 2.45) is 0 Å². The Morgan fingerprint density at radius 1 is 1.20 bits per heavy atom. The predicted molar refractivity (Wildman–Crippen MR) is 113 cm³/mol. The van der Waals surface area contributed by atoms with Gasteiger partial charge in [-0.15, -0.1) is 0 Å². The molecule has 1 unspecified atom stereocenters. The van der Waals surface area contributed by atoms with Crippen molar-refractivity contribution >= 4 is 17.5 Å². The second-order valence-electron chi connectivity index (χ2n) is 7.92. The summed E-state index contributed by atoms with van der Waals surface area (Å²) in [6.45, 7) is 4.82. The van der Waals surface area contributed by atoms with Crippen molar-refractivity contribution in [2.75, 3.05) is 38.2 Å². The van der Waals surface area contributed by atoms with Crippen molar-refractivity contribution in [1.29, 1.82) is 0 Å². The summed E-state index contributed by atoms with van der Waals surface area (Å²) < 4.78 is 11.1. The minimum atomic E-state index is 0.0541. The van der Waals surface area contributed by atoms with Crippen LogP contribution in [0.1, 0.15) is 43.0 Å². The largest absolute Gasteiger partial charge is 0.376 e. The summed E-state index contributed by atoms with van der Waals surface area (Å²) in [4.78, 5) is 27.8. The lowest BCUT2D eigenvalue weighted by Crippen LogP contribution is -2.40. The minimum Gasteiger partial charge on any atom is -0.376 e. The first-order valence-corrected chi connectivity index (χ1v) is 10.7. The fourth-order valence-electron chi connectivity index (χ4n) is 3.95. The Bertz CT molecular complexity index is 848. The Hall–Kier alpha value is -2.58. The third-order valence-electron chi connectivity index (χ3n) is 5.62. The van der Waals surface area contributed by atoms with E-state index in [4.69, 9.17) is 14.5 Å². The molecular weight excluding hydrogens is 382 g/mol. The van der Waals surface area contributed by atoms with Crippen LogP contribution in [0, 0.1) is 6.92 Å². The van der Waals surface area contributed by atoms with E-state index in [1.54, 1.807) is 6.20 Å². The van der Waals surface area contributed by atoms with Gasteiger partial charge in [-0.2, -0.15) is 0 Å². The van der Waals surface area contributed by atoms with E-state index in [0.29, 0.717) is 31.4 Å². The van der Waals surface area contributed by atoms with Crippen LogP contribution in [0.25, 0.3) is 0 Å². The number of carbonyl (C=O) groups is 1. The third kappa shape index (κ3) is 5.52. The van der Waals surface area contributed by atoms with E-state index >= 15 is 0 Å². The molecule has 2 aromatic rings. The first-order chi connectivity index (χ1) is 14.7. The van der Waals surface area contributed by atoms with Crippen LogP contribution < -0.4 is 5.32 Å². The molecule has 2 saturated heterocycles. The molecule has 160 valence electrons. The van der Waals surface area contributed by atoms with Gasteiger partial charge in [-0.05, 0) is 44.7 Å². The molecule has 1 amide bonds. The average Bonchev–Trinajstić information content (AvgIpc) is 3.28. The Kier molecular flexibility index (Phi) is 6.86. The normalized spacial score (nSPS) is 19.8. The molecule has 0 spiro atoms. The van der Waals surface area contributed by atoms with Crippen LogP contribution in [-0.4, -0.2) is 64.8 Å². The van der Waals surface area contributed by atoms with Gasteiger partial charge in [-0.3, -0.25) is 9.78 Å². The molecule has 4 rings (SSSR count). The summed E-state index contributed by atoms with van der Waals surface area (Å²) in [5.41, 5.74) is 1.90. The Morgan fingerprint density at radius 3 is 2.83 bits per heavy atom. The molecule has 8 heteroatoms.